The summed E-state index contributed by atoms with van der Waals surface area (Å²) in [7, 11) is 0. The number of benzene rings is 1. The summed E-state index contributed by atoms with van der Waals surface area (Å²) in [5.74, 6) is 0.323. The van der Waals surface area contributed by atoms with E-state index in [0.29, 0.717) is 35.6 Å². The number of hydrogen-bond acceptors (Lipinski definition) is 10. The number of rotatable bonds is 9. The van der Waals surface area contributed by atoms with Gasteiger partial charge < -0.3 is 10.6 Å². The van der Waals surface area contributed by atoms with Gasteiger partial charge in [0.2, 0.25) is 5.95 Å². The minimum Gasteiger partial charge on any atom is -0.368 e. The van der Waals surface area contributed by atoms with Gasteiger partial charge in [-0.2, -0.15) is 5.26 Å². The highest BCUT2D eigenvalue weighted by atomic mass is 32.1. The van der Waals surface area contributed by atoms with Gasteiger partial charge in [-0.15, -0.1) is 11.3 Å². The molecule has 164 valence electrons. The lowest BCUT2D eigenvalue weighted by Crippen LogP contribution is -2.16. The molecule has 4 aromatic rings. The molecule has 0 amide bonds. The number of nitrogens with one attached hydrogen (secondary N) is 2. The van der Waals surface area contributed by atoms with Gasteiger partial charge in [0.05, 0.1) is 22.4 Å². The normalized spacial score (nSPS) is 11.4. The second-order valence-electron chi connectivity index (χ2n) is 6.82. The molecule has 11 heteroatoms. The van der Waals surface area contributed by atoms with Crippen LogP contribution in [-0.4, -0.2) is 37.9 Å². The Kier molecular flexibility index (Phi) is 6.77. The quantitative estimate of drug-likeness (QED) is 0.215. The van der Waals surface area contributed by atoms with Crippen LogP contribution in [0.3, 0.4) is 0 Å². The zero-order chi connectivity index (χ0) is 23.0. The van der Waals surface area contributed by atoms with Crippen LogP contribution in [0.5, 0.6) is 0 Å². The molecule has 0 fully saturated rings. The van der Waals surface area contributed by atoms with E-state index in [-0.39, 0.29) is 5.69 Å². The van der Waals surface area contributed by atoms with Crippen LogP contribution in [0.2, 0.25) is 0 Å². The molecule has 3 aromatic heterocycles. The maximum Gasteiger partial charge on any atom is 0.287 e. The first-order valence-corrected chi connectivity index (χ1v) is 10.8. The van der Waals surface area contributed by atoms with Gasteiger partial charge in [0.1, 0.15) is 22.9 Å². The summed E-state index contributed by atoms with van der Waals surface area (Å²) >= 11 is 1.43. The van der Waals surface area contributed by atoms with Crippen molar-refractivity contribution in [2.24, 2.45) is 0 Å². The fraction of sp³-hybridized carbons (Fsp3) is 0.136. The molecule has 0 spiro atoms. The Morgan fingerprint density at radius 2 is 1.88 bits per heavy atom. The molecule has 0 aliphatic heterocycles. The topological polar surface area (TPSA) is 143 Å². The molecule has 10 nitrogen and oxygen atoms in total. The van der Waals surface area contributed by atoms with Crippen LogP contribution in [0, 0.1) is 21.4 Å². The molecule has 33 heavy (non-hydrogen) atoms. The van der Waals surface area contributed by atoms with Crippen LogP contribution in [0.1, 0.15) is 16.6 Å². The average molecular weight is 459 g/mol. The molecule has 0 aliphatic carbocycles. The molecule has 1 aromatic carbocycles. The van der Waals surface area contributed by atoms with E-state index in [4.69, 9.17) is 0 Å². The van der Waals surface area contributed by atoms with Gasteiger partial charge in [0.15, 0.2) is 0 Å². The smallest absolute Gasteiger partial charge is 0.287 e. The summed E-state index contributed by atoms with van der Waals surface area (Å²) in [6.07, 6.45) is 2.80. The maximum atomic E-state index is 10.7. The molecule has 4 rings (SSSR count). The molecule has 2 N–H and O–H groups in total. The third kappa shape index (κ3) is 5.44. The average Bonchev–Trinajstić information content (AvgIpc) is 3.33. The van der Waals surface area contributed by atoms with Crippen molar-refractivity contribution in [3.05, 3.63) is 87.1 Å². The van der Waals surface area contributed by atoms with Crippen molar-refractivity contribution < 1.29 is 4.92 Å². The van der Waals surface area contributed by atoms with Crippen molar-refractivity contribution in [3.8, 4) is 17.3 Å². The van der Waals surface area contributed by atoms with Crippen molar-refractivity contribution in [3.63, 3.8) is 0 Å². The highest BCUT2D eigenvalue weighted by Crippen LogP contribution is 2.29. The fourth-order valence-electron chi connectivity index (χ4n) is 2.99. The van der Waals surface area contributed by atoms with Gasteiger partial charge in [-0.05, 0) is 12.1 Å². The zero-order valence-corrected chi connectivity index (χ0v) is 18.1. The molecule has 0 aliphatic rings. The van der Waals surface area contributed by atoms with Crippen LogP contribution in [-0.2, 0) is 0 Å². The summed E-state index contributed by atoms with van der Waals surface area (Å²) in [5.41, 5.74) is 2.33. The number of nitro groups is 1. The number of nitrogens with zero attached hydrogens (tertiary/aromatic N) is 6. The summed E-state index contributed by atoms with van der Waals surface area (Å²) in [6.45, 7) is 0.974. The largest absolute Gasteiger partial charge is 0.368 e. The SMILES string of the molecule is N#CC(c1ccnc(NCCNc2ccc([N+](=O)[O-])cn2)n1)c1nc(-c2ccccc2)cs1. The summed E-state index contributed by atoms with van der Waals surface area (Å²) in [6, 6.07) is 16.7. The number of anilines is 2. The second kappa shape index (κ2) is 10.3. The molecule has 0 bridgehead atoms. The predicted molar refractivity (Wildman–Crippen MR) is 125 cm³/mol. The fourth-order valence-corrected chi connectivity index (χ4v) is 3.87. The Labute approximate surface area is 193 Å². The van der Waals surface area contributed by atoms with E-state index in [0.717, 1.165) is 11.3 Å². The molecule has 3 heterocycles. The first-order chi connectivity index (χ1) is 16.1. The van der Waals surface area contributed by atoms with Crippen LogP contribution in [0.15, 0.2) is 66.3 Å². The molecule has 1 unspecified atom stereocenters. The van der Waals surface area contributed by atoms with Crippen LogP contribution < -0.4 is 10.6 Å². The molecule has 1 atom stereocenters. The van der Waals surface area contributed by atoms with Crippen molar-refractivity contribution in [2.75, 3.05) is 23.7 Å². The molecular weight excluding hydrogens is 440 g/mol. The molecule has 0 saturated carbocycles. The summed E-state index contributed by atoms with van der Waals surface area (Å²) in [5, 5.41) is 29.2. The number of hydrogen-bond donors (Lipinski definition) is 2. The standard InChI is InChI=1S/C22H18N8O2S/c23-12-17(21-28-19(14-33-21)15-4-2-1-3-5-15)18-8-9-25-22(29-18)26-11-10-24-20-7-6-16(13-27-20)30(31)32/h1-9,13-14,17H,10-11H2,(H,24,27)(H,25,26,29). The number of aromatic nitrogens is 4. The Hall–Kier alpha value is -4.43. The Balaban J connectivity index is 1.37. The third-order valence-corrected chi connectivity index (χ3v) is 5.52. The van der Waals surface area contributed by atoms with E-state index in [1.165, 1.54) is 23.6 Å². The van der Waals surface area contributed by atoms with E-state index in [9.17, 15) is 15.4 Å². The Bertz CT molecular complexity index is 1270. The lowest BCUT2D eigenvalue weighted by atomic mass is 10.1. The van der Waals surface area contributed by atoms with Crippen molar-refractivity contribution >= 4 is 28.8 Å². The molecule has 0 radical (unpaired) electrons. The van der Waals surface area contributed by atoms with Gasteiger partial charge in [0, 0.05) is 36.3 Å². The highest BCUT2D eigenvalue weighted by molar-refractivity contribution is 7.10. The van der Waals surface area contributed by atoms with E-state index < -0.39 is 10.8 Å². The first-order valence-electron chi connectivity index (χ1n) is 9.95. The molecule has 0 saturated heterocycles. The van der Waals surface area contributed by atoms with Gasteiger partial charge in [-0.1, -0.05) is 30.3 Å². The van der Waals surface area contributed by atoms with Crippen LogP contribution >= 0.6 is 11.3 Å². The minimum atomic E-state index is -0.599. The Morgan fingerprint density at radius 1 is 1.06 bits per heavy atom. The van der Waals surface area contributed by atoms with Crippen molar-refractivity contribution in [2.45, 2.75) is 5.92 Å². The zero-order valence-electron chi connectivity index (χ0n) is 17.3. The van der Waals surface area contributed by atoms with Gasteiger partial charge in [-0.3, -0.25) is 10.1 Å². The second-order valence-corrected chi connectivity index (χ2v) is 7.71. The van der Waals surface area contributed by atoms with E-state index in [2.05, 4.69) is 36.6 Å². The van der Waals surface area contributed by atoms with Crippen molar-refractivity contribution in [1.82, 2.24) is 19.9 Å². The predicted octanol–water partition coefficient (Wildman–Crippen LogP) is 4.08. The first kappa shape index (κ1) is 21.8. The van der Waals surface area contributed by atoms with Gasteiger partial charge in [0.25, 0.3) is 5.69 Å². The monoisotopic (exact) mass is 458 g/mol. The number of pyridine rings is 1. The van der Waals surface area contributed by atoms with Crippen LogP contribution in [0.4, 0.5) is 17.5 Å². The summed E-state index contributed by atoms with van der Waals surface area (Å²) in [4.78, 5) is 27.5. The molecular formula is C22H18N8O2S. The van der Waals surface area contributed by atoms with E-state index in [1.807, 2.05) is 35.7 Å². The maximum absolute atomic E-state index is 10.7. The highest BCUT2D eigenvalue weighted by Gasteiger charge is 2.20. The lowest BCUT2D eigenvalue weighted by Gasteiger charge is -2.09. The number of nitriles is 1. The van der Waals surface area contributed by atoms with E-state index in [1.54, 1.807) is 18.3 Å². The van der Waals surface area contributed by atoms with Crippen LogP contribution in [0.25, 0.3) is 11.3 Å². The third-order valence-electron chi connectivity index (χ3n) is 4.61. The minimum absolute atomic E-state index is 0.0629. The van der Waals surface area contributed by atoms with Gasteiger partial charge in [-0.25, -0.2) is 19.9 Å². The van der Waals surface area contributed by atoms with Crippen molar-refractivity contribution in [1.29, 1.82) is 5.26 Å². The lowest BCUT2D eigenvalue weighted by molar-refractivity contribution is -0.385. The Morgan fingerprint density at radius 3 is 2.61 bits per heavy atom. The summed E-state index contributed by atoms with van der Waals surface area (Å²) < 4.78 is 0. The van der Waals surface area contributed by atoms with Gasteiger partial charge >= 0.3 is 0 Å². The number of thiazole rings is 1. The van der Waals surface area contributed by atoms with E-state index >= 15 is 0 Å².